The molecule has 3 nitrogen and oxygen atoms in total. The summed E-state index contributed by atoms with van der Waals surface area (Å²) in [5, 5.41) is -0.431. The zero-order valence-electron chi connectivity index (χ0n) is 9.60. The summed E-state index contributed by atoms with van der Waals surface area (Å²) in [4.78, 5) is 22.5. The first kappa shape index (κ1) is 14.1. The highest BCUT2D eigenvalue weighted by Crippen LogP contribution is 2.13. The van der Waals surface area contributed by atoms with Crippen LogP contribution in [0, 0.1) is 0 Å². The van der Waals surface area contributed by atoms with Crippen molar-refractivity contribution in [3.8, 4) is 0 Å². The first-order valence-electron chi connectivity index (χ1n) is 5.04. The zero-order valence-corrected chi connectivity index (χ0v) is 11.2. The van der Waals surface area contributed by atoms with Gasteiger partial charge in [0.25, 0.3) is 0 Å². The minimum absolute atomic E-state index is 0.182. The van der Waals surface area contributed by atoms with Crippen molar-refractivity contribution in [3.05, 3.63) is 34.9 Å². The Bertz CT molecular complexity index is 439. The lowest BCUT2D eigenvalue weighted by molar-refractivity contribution is -0.124. The summed E-state index contributed by atoms with van der Waals surface area (Å²) >= 11 is 5.73. The van der Waals surface area contributed by atoms with Crippen LogP contribution in [0.2, 0.25) is 5.02 Å². The average molecular weight is 273 g/mol. The molecular formula is C12H13ClO3S. The molecule has 0 saturated carbocycles. The number of benzene rings is 1. The Morgan fingerprint density at radius 3 is 2.06 bits per heavy atom. The van der Waals surface area contributed by atoms with Crippen molar-refractivity contribution in [3.63, 3.8) is 0 Å². The average Bonchev–Trinajstić information content (AvgIpc) is 2.20. The second kappa shape index (κ2) is 6.07. The Balaban J connectivity index is 2.80. The molecule has 0 radical (unpaired) electrons. The van der Waals surface area contributed by atoms with E-state index in [-0.39, 0.29) is 17.3 Å². The van der Waals surface area contributed by atoms with E-state index in [0.29, 0.717) is 5.02 Å². The van der Waals surface area contributed by atoms with E-state index in [1.54, 1.807) is 24.3 Å². The van der Waals surface area contributed by atoms with Crippen molar-refractivity contribution in [1.82, 2.24) is 0 Å². The molecule has 1 aromatic rings. The maximum atomic E-state index is 11.9. The molecule has 0 amide bonds. The van der Waals surface area contributed by atoms with E-state index >= 15 is 0 Å². The summed E-state index contributed by atoms with van der Waals surface area (Å²) in [6.45, 7) is 2.57. The predicted octanol–water partition coefficient (Wildman–Crippen LogP) is 2.14. The van der Waals surface area contributed by atoms with Gasteiger partial charge in [-0.2, -0.15) is 0 Å². The van der Waals surface area contributed by atoms with Crippen molar-refractivity contribution in [2.24, 2.45) is 0 Å². The van der Waals surface area contributed by atoms with Gasteiger partial charge in [0.05, 0.1) is 0 Å². The third kappa shape index (κ3) is 4.06. The normalized spacial score (nSPS) is 12.5. The number of carbonyl (C=O) groups is 2. The van der Waals surface area contributed by atoms with E-state index in [9.17, 15) is 13.8 Å². The molecule has 0 aliphatic heterocycles. The summed E-state index contributed by atoms with van der Waals surface area (Å²) in [5.41, 5.74) is 0.792. The number of hydrogen-bond donors (Lipinski definition) is 0. The first-order chi connectivity index (χ1) is 7.91. The summed E-state index contributed by atoms with van der Waals surface area (Å²) in [5.74, 6) is -0.532. The van der Waals surface area contributed by atoms with Crippen molar-refractivity contribution in [2.45, 2.75) is 24.9 Å². The largest absolute Gasteiger partial charge is 0.298 e. The molecule has 1 unspecified atom stereocenters. The zero-order chi connectivity index (χ0) is 13.0. The third-order valence-corrected chi connectivity index (χ3v) is 4.28. The first-order valence-corrected chi connectivity index (χ1v) is 6.80. The van der Waals surface area contributed by atoms with Gasteiger partial charge in [-0.05, 0) is 31.5 Å². The van der Waals surface area contributed by atoms with Gasteiger partial charge in [-0.25, -0.2) is 0 Å². The lowest BCUT2D eigenvalue weighted by atomic mass is 10.2. The van der Waals surface area contributed by atoms with Crippen LogP contribution in [0.3, 0.4) is 0 Å². The molecule has 1 aromatic carbocycles. The molecule has 0 aliphatic rings. The Morgan fingerprint density at radius 1 is 1.18 bits per heavy atom. The highest BCUT2D eigenvalue weighted by Gasteiger charge is 2.26. The quantitative estimate of drug-likeness (QED) is 0.772. The Morgan fingerprint density at radius 2 is 1.65 bits per heavy atom. The standard InChI is InChI=1S/C12H13ClO3S/c1-8(14)12(9(2)15)17(16)7-10-3-5-11(13)6-4-10/h3-6,12H,7H2,1-2H3. The van der Waals surface area contributed by atoms with Crippen molar-refractivity contribution in [1.29, 1.82) is 0 Å². The summed E-state index contributed by atoms with van der Waals surface area (Å²) in [6.07, 6.45) is 0. The van der Waals surface area contributed by atoms with E-state index in [1.807, 2.05) is 0 Å². The van der Waals surface area contributed by atoms with Gasteiger partial charge in [-0.15, -0.1) is 0 Å². The predicted molar refractivity (Wildman–Crippen MR) is 68.4 cm³/mol. The van der Waals surface area contributed by atoms with Gasteiger partial charge < -0.3 is 0 Å². The minimum Gasteiger partial charge on any atom is -0.298 e. The SMILES string of the molecule is CC(=O)C(C(C)=O)S(=O)Cc1ccc(Cl)cc1. The van der Waals surface area contributed by atoms with Crippen LogP contribution in [0.1, 0.15) is 19.4 Å². The second-order valence-electron chi connectivity index (χ2n) is 3.75. The Kier molecular flexibility index (Phi) is 5.02. The van der Waals surface area contributed by atoms with Crippen LogP contribution >= 0.6 is 11.6 Å². The molecule has 0 fully saturated rings. The van der Waals surface area contributed by atoms with E-state index in [1.165, 1.54) is 13.8 Å². The van der Waals surface area contributed by atoms with Gasteiger partial charge in [0.2, 0.25) is 0 Å². The Labute approximate surface area is 108 Å². The number of carbonyl (C=O) groups excluding carboxylic acids is 2. The highest BCUT2D eigenvalue weighted by molar-refractivity contribution is 7.86. The van der Waals surface area contributed by atoms with Crippen molar-refractivity contribution in [2.75, 3.05) is 0 Å². The summed E-state index contributed by atoms with van der Waals surface area (Å²) in [6, 6.07) is 6.84. The highest BCUT2D eigenvalue weighted by atomic mass is 35.5. The minimum atomic E-state index is -1.52. The molecule has 17 heavy (non-hydrogen) atoms. The van der Waals surface area contributed by atoms with Crippen LogP contribution in [0.25, 0.3) is 0 Å². The van der Waals surface area contributed by atoms with Crippen LogP contribution in [0.4, 0.5) is 0 Å². The molecule has 0 aliphatic carbocycles. The van der Waals surface area contributed by atoms with Gasteiger partial charge in [-0.3, -0.25) is 13.8 Å². The van der Waals surface area contributed by atoms with Crippen molar-refractivity contribution >= 4 is 34.0 Å². The maximum absolute atomic E-state index is 11.9. The van der Waals surface area contributed by atoms with Crippen LogP contribution in [-0.2, 0) is 26.1 Å². The molecule has 92 valence electrons. The molecule has 0 aromatic heterocycles. The van der Waals surface area contributed by atoms with Gasteiger partial charge in [0, 0.05) is 21.6 Å². The lowest BCUT2D eigenvalue weighted by Crippen LogP contribution is -2.31. The molecule has 0 bridgehead atoms. The van der Waals surface area contributed by atoms with E-state index < -0.39 is 16.0 Å². The van der Waals surface area contributed by atoms with Gasteiger partial charge >= 0.3 is 0 Å². The fourth-order valence-electron chi connectivity index (χ4n) is 1.48. The molecule has 0 saturated heterocycles. The number of rotatable bonds is 5. The van der Waals surface area contributed by atoms with Crippen molar-refractivity contribution < 1.29 is 13.8 Å². The molecular weight excluding hydrogens is 260 g/mol. The molecule has 1 rings (SSSR count). The number of Topliss-reactive ketones (excluding diaryl/α,β-unsaturated/α-hetero) is 2. The summed E-state index contributed by atoms with van der Waals surface area (Å²) in [7, 11) is -1.52. The van der Waals surface area contributed by atoms with Crippen LogP contribution < -0.4 is 0 Å². The number of hydrogen-bond acceptors (Lipinski definition) is 3. The fraction of sp³-hybridized carbons (Fsp3) is 0.333. The van der Waals surface area contributed by atoms with Gasteiger partial charge in [-0.1, -0.05) is 23.7 Å². The number of ketones is 2. The number of halogens is 1. The molecule has 0 spiro atoms. The molecule has 0 N–H and O–H groups in total. The molecule has 1 atom stereocenters. The van der Waals surface area contributed by atoms with Crippen LogP contribution in [0.15, 0.2) is 24.3 Å². The molecule has 5 heteroatoms. The topological polar surface area (TPSA) is 51.2 Å². The van der Waals surface area contributed by atoms with Gasteiger partial charge in [0.15, 0.2) is 16.8 Å². The second-order valence-corrected chi connectivity index (χ2v) is 5.71. The smallest absolute Gasteiger partial charge is 0.152 e. The van der Waals surface area contributed by atoms with Gasteiger partial charge in [0.1, 0.15) is 0 Å². The van der Waals surface area contributed by atoms with Crippen LogP contribution in [-0.4, -0.2) is 21.0 Å². The van der Waals surface area contributed by atoms with E-state index in [2.05, 4.69) is 0 Å². The van der Waals surface area contributed by atoms with E-state index in [0.717, 1.165) is 5.56 Å². The lowest BCUT2D eigenvalue weighted by Gasteiger charge is -2.10. The van der Waals surface area contributed by atoms with E-state index in [4.69, 9.17) is 11.6 Å². The summed E-state index contributed by atoms with van der Waals surface area (Å²) < 4.78 is 11.9. The third-order valence-electron chi connectivity index (χ3n) is 2.22. The maximum Gasteiger partial charge on any atom is 0.152 e. The molecule has 0 heterocycles. The fourth-order valence-corrected chi connectivity index (χ4v) is 3.04. The Hall–Kier alpha value is -1.00. The monoisotopic (exact) mass is 272 g/mol. The van der Waals surface area contributed by atoms with Crippen LogP contribution in [0.5, 0.6) is 0 Å².